The Labute approximate surface area is 82.2 Å². The zero-order valence-corrected chi connectivity index (χ0v) is 7.98. The van der Waals surface area contributed by atoms with Gasteiger partial charge in [0, 0.05) is 10.7 Å². The first-order valence-electron chi connectivity index (χ1n) is 3.48. The van der Waals surface area contributed by atoms with Gasteiger partial charge in [0.05, 0.1) is 6.20 Å². The van der Waals surface area contributed by atoms with Gasteiger partial charge in [0.25, 0.3) is 0 Å². The molecule has 5 heteroatoms. The van der Waals surface area contributed by atoms with E-state index in [0.29, 0.717) is 15.6 Å². The van der Waals surface area contributed by atoms with E-state index in [1.807, 2.05) is 6.07 Å². The van der Waals surface area contributed by atoms with E-state index >= 15 is 0 Å². The van der Waals surface area contributed by atoms with E-state index in [-0.39, 0.29) is 5.75 Å². The van der Waals surface area contributed by atoms with Gasteiger partial charge in [-0.2, -0.15) is 10.4 Å². The number of fused-ring (bicyclic) bond motifs is 1. The molecule has 0 radical (unpaired) electrons. The molecule has 0 amide bonds. The zero-order chi connectivity index (χ0) is 9.42. The molecule has 0 atom stereocenters. The lowest BCUT2D eigenvalue weighted by molar-refractivity contribution is 0.478. The average Bonchev–Trinajstić information content (AvgIpc) is 2.47. The van der Waals surface area contributed by atoms with Crippen molar-refractivity contribution in [2.75, 3.05) is 0 Å². The van der Waals surface area contributed by atoms with Crippen LogP contribution in [0.5, 0.6) is 5.75 Å². The summed E-state index contributed by atoms with van der Waals surface area (Å²) in [6.07, 6.45) is 3.09. The maximum absolute atomic E-state index is 9.51. The van der Waals surface area contributed by atoms with Crippen LogP contribution < -0.4 is 0 Å². The third kappa shape index (κ3) is 1.15. The molecule has 4 nitrogen and oxygen atoms in total. The molecule has 2 aromatic heterocycles. The quantitative estimate of drug-likeness (QED) is 0.759. The summed E-state index contributed by atoms with van der Waals surface area (Å²) in [6, 6.07) is 3.48. The van der Waals surface area contributed by atoms with Gasteiger partial charge in [-0.25, -0.2) is 4.52 Å². The number of pyridine rings is 1. The van der Waals surface area contributed by atoms with E-state index in [0.717, 1.165) is 0 Å². The van der Waals surface area contributed by atoms with Crippen LogP contribution in [-0.4, -0.2) is 14.7 Å². The number of hydrogen-bond acceptors (Lipinski definition) is 3. The Morgan fingerprint density at radius 1 is 1.62 bits per heavy atom. The highest BCUT2D eigenvalue weighted by molar-refractivity contribution is 9.10. The van der Waals surface area contributed by atoms with E-state index in [9.17, 15) is 5.11 Å². The zero-order valence-electron chi connectivity index (χ0n) is 6.40. The maximum atomic E-state index is 9.51. The number of halogens is 1. The summed E-state index contributed by atoms with van der Waals surface area (Å²) in [5, 5.41) is 22.1. The lowest BCUT2D eigenvalue weighted by Gasteiger charge is -1.97. The standard InChI is InChI=1S/C8H4BrN3O/c9-6-1-7(13)8-5(2-10)3-11-12(8)4-6/h1,3-4,13H. The fourth-order valence-electron chi connectivity index (χ4n) is 1.15. The molecule has 0 unspecified atom stereocenters. The second-order valence-corrected chi connectivity index (χ2v) is 3.42. The first kappa shape index (κ1) is 8.08. The van der Waals surface area contributed by atoms with Gasteiger partial charge >= 0.3 is 0 Å². The van der Waals surface area contributed by atoms with Crippen LogP contribution in [-0.2, 0) is 0 Å². The fourth-order valence-corrected chi connectivity index (χ4v) is 1.56. The first-order chi connectivity index (χ1) is 6.22. The normalized spacial score (nSPS) is 10.2. The van der Waals surface area contributed by atoms with Crippen LogP contribution in [0.3, 0.4) is 0 Å². The molecule has 0 fully saturated rings. The van der Waals surface area contributed by atoms with Gasteiger partial charge in [-0.05, 0) is 22.0 Å². The summed E-state index contributed by atoms with van der Waals surface area (Å²) >= 11 is 3.21. The molecule has 2 heterocycles. The monoisotopic (exact) mass is 237 g/mol. The van der Waals surface area contributed by atoms with Crippen LogP contribution in [0.1, 0.15) is 5.56 Å². The SMILES string of the molecule is N#Cc1cnn2cc(Br)cc(O)c12. The minimum Gasteiger partial charge on any atom is -0.506 e. The van der Waals surface area contributed by atoms with Gasteiger partial charge < -0.3 is 5.11 Å². The van der Waals surface area contributed by atoms with Crippen LogP contribution >= 0.6 is 15.9 Å². The fraction of sp³-hybridized carbons (Fsp3) is 0. The average molecular weight is 238 g/mol. The highest BCUT2D eigenvalue weighted by atomic mass is 79.9. The van der Waals surface area contributed by atoms with Crippen molar-refractivity contribution in [1.82, 2.24) is 9.61 Å². The van der Waals surface area contributed by atoms with Gasteiger partial charge in [-0.3, -0.25) is 0 Å². The van der Waals surface area contributed by atoms with E-state index < -0.39 is 0 Å². The van der Waals surface area contributed by atoms with E-state index in [4.69, 9.17) is 5.26 Å². The van der Waals surface area contributed by atoms with E-state index in [1.165, 1.54) is 16.8 Å². The smallest absolute Gasteiger partial charge is 0.143 e. The Hall–Kier alpha value is -1.54. The number of hydrogen-bond donors (Lipinski definition) is 1. The number of aromatic hydroxyl groups is 1. The van der Waals surface area contributed by atoms with Crippen LogP contribution in [0, 0.1) is 11.3 Å². The third-order valence-corrected chi connectivity index (χ3v) is 2.11. The van der Waals surface area contributed by atoms with Crippen molar-refractivity contribution in [3.63, 3.8) is 0 Å². The molecule has 0 bridgehead atoms. The molecule has 0 spiro atoms. The van der Waals surface area contributed by atoms with Crippen molar-refractivity contribution < 1.29 is 5.11 Å². The number of nitriles is 1. The molecule has 2 rings (SSSR count). The molecule has 0 aliphatic heterocycles. The predicted molar refractivity (Wildman–Crippen MR) is 49.3 cm³/mol. The van der Waals surface area contributed by atoms with Crippen LogP contribution in [0.25, 0.3) is 5.52 Å². The van der Waals surface area contributed by atoms with Gasteiger partial charge in [-0.1, -0.05) is 0 Å². The summed E-state index contributed by atoms with van der Waals surface area (Å²) in [4.78, 5) is 0. The molecule has 0 aromatic carbocycles. The van der Waals surface area contributed by atoms with E-state index in [1.54, 1.807) is 6.20 Å². The summed E-state index contributed by atoms with van der Waals surface area (Å²) < 4.78 is 2.17. The lowest BCUT2D eigenvalue weighted by atomic mass is 10.3. The Morgan fingerprint density at radius 3 is 3.08 bits per heavy atom. The van der Waals surface area contributed by atoms with Crippen LogP contribution in [0.4, 0.5) is 0 Å². The number of rotatable bonds is 0. The Bertz CT molecular complexity index is 512. The minimum atomic E-state index is 0.0448. The Kier molecular flexibility index (Phi) is 1.71. The van der Waals surface area contributed by atoms with Gasteiger partial charge in [0.2, 0.25) is 0 Å². The maximum Gasteiger partial charge on any atom is 0.143 e. The molecular formula is C8H4BrN3O. The van der Waals surface area contributed by atoms with Crippen LogP contribution in [0.15, 0.2) is 22.9 Å². The van der Waals surface area contributed by atoms with Gasteiger partial charge in [0.1, 0.15) is 22.9 Å². The van der Waals surface area contributed by atoms with Crippen molar-refractivity contribution in [2.45, 2.75) is 0 Å². The second-order valence-electron chi connectivity index (χ2n) is 2.51. The summed E-state index contributed by atoms with van der Waals surface area (Å²) in [5.74, 6) is 0.0448. The molecule has 0 saturated heterocycles. The van der Waals surface area contributed by atoms with Gasteiger partial charge in [0.15, 0.2) is 0 Å². The van der Waals surface area contributed by atoms with E-state index in [2.05, 4.69) is 21.0 Å². The molecule has 2 aromatic rings. The lowest BCUT2D eigenvalue weighted by Crippen LogP contribution is -1.86. The summed E-state index contributed by atoms with van der Waals surface area (Å²) in [6.45, 7) is 0. The second kappa shape index (κ2) is 2.75. The Morgan fingerprint density at radius 2 is 2.38 bits per heavy atom. The highest BCUT2D eigenvalue weighted by Gasteiger charge is 2.08. The number of aromatic nitrogens is 2. The molecule has 0 saturated carbocycles. The first-order valence-corrected chi connectivity index (χ1v) is 4.27. The Balaban J connectivity index is 2.92. The van der Waals surface area contributed by atoms with Crippen molar-refractivity contribution in [1.29, 1.82) is 5.26 Å². The molecule has 13 heavy (non-hydrogen) atoms. The molecule has 0 aliphatic rings. The molecule has 0 aliphatic carbocycles. The van der Waals surface area contributed by atoms with Crippen molar-refractivity contribution >= 4 is 21.4 Å². The predicted octanol–water partition coefficient (Wildman–Crippen LogP) is 1.67. The largest absolute Gasteiger partial charge is 0.506 e. The van der Waals surface area contributed by atoms with Crippen LogP contribution in [0.2, 0.25) is 0 Å². The summed E-state index contributed by atoms with van der Waals surface area (Å²) in [7, 11) is 0. The number of nitrogens with zero attached hydrogens (tertiary/aromatic N) is 3. The van der Waals surface area contributed by atoms with Crippen molar-refractivity contribution in [3.05, 3.63) is 28.5 Å². The molecule has 64 valence electrons. The minimum absolute atomic E-state index is 0.0448. The molecular weight excluding hydrogens is 234 g/mol. The van der Waals surface area contributed by atoms with Crippen molar-refractivity contribution in [3.8, 4) is 11.8 Å². The highest BCUT2D eigenvalue weighted by Crippen LogP contribution is 2.25. The molecule has 1 N–H and O–H groups in total. The topological polar surface area (TPSA) is 61.3 Å². The third-order valence-electron chi connectivity index (χ3n) is 1.68. The van der Waals surface area contributed by atoms with Crippen molar-refractivity contribution in [2.24, 2.45) is 0 Å². The summed E-state index contributed by atoms with van der Waals surface area (Å²) in [5.41, 5.74) is 0.802. The van der Waals surface area contributed by atoms with Gasteiger partial charge in [-0.15, -0.1) is 0 Å².